The summed E-state index contributed by atoms with van der Waals surface area (Å²) in [5.41, 5.74) is 2.02. The van der Waals surface area contributed by atoms with Crippen LogP contribution >= 0.6 is 0 Å². The van der Waals surface area contributed by atoms with Crippen LogP contribution in [0.2, 0.25) is 0 Å². The minimum atomic E-state index is -0.00867. The molecule has 26 heavy (non-hydrogen) atoms. The Morgan fingerprint density at radius 1 is 1.15 bits per heavy atom. The molecule has 1 atom stereocenters. The predicted octanol–water partition coefficient (Wildman–Crippen LogP) is 4.28. The molecule has 0 N–H and O–H groups in total. The van der Waals surface area contributed by atoms with Gasteiger partial charge in [-0.15, -0.1) is 0 Å². The number of nitrogens with zero attached hydrogens (tertiary/aromatic N) is 3. The molecule has 0 spiro atoms. The Morgan fingerprint density at radius 2 is 1.96 bits per heavy atom. The van der Waals surface area contributed by atoms with Crippen LogP contribution in [0.4, 0.5) is 0 Å². The standard InChI is InChI=1S/C21H23N3O2/c1-3-24(16(2)18-10-7-13-22-14-18)21(25)12-11-20-23-15-19(26-20)17-8-5-4-6-9-17/h4-10,13-16H,3,11-12H2,1-2H3/t16-/m1/s1. The van der Waals surface area contributed by atoms with Gasteiger partial charge in [-0.05, 0) is 25.5 Å². The van der Waals surface area contributed by atoms with E-state index in [1.807, 2.05) is 61.2 Å². The Hall–Kier alpha value is -2.95. The lowest BCUT2D eigenvalue weighted by atomic mass is 10.1. The molecule has 0 bridgehead atoms. The van der Waals surface area contributed by atoms with E-state index in [-0.39, 0.29) is 11.9 Å². The topological polar surface area (TPSA) is 59.2 Å². The van der Waals surface area contributed by atoms with Gasteiger partial charge in [-0.1, -0.05) is 36.4 Å². The van der Waals surface area contributed by atoms with Crippen molar-refractivity contribution < 1.29 is 9.21 Å². The van der Waals surface area contributed by atoms with Crippen LogP contribution in [0.25, 0.3) is 11.3 Å². The van der Waals surface area contributed by atoms with Crippen LogP contribution in [0, 0.1) is 0 Å². The maximum absolute atomic E-state index is 12.7. The molecular weight excluding hydrogens is 326 g/mol. The maximum atomic E-state index is 12.7. The normalized spacial score (nSPS) is 11.9. The van der Waals surface area contributed by atoms with Crippen molar-refractivity contribution in [2.75, 3.05) is 6.54 Å². The lowest BCUT2D eigenvalue weighted by molar-refractivity contribution is -0.133. The molecule has 1 aromatic carbocycles. The summed E-state index contributed by atoms with van der Waals surface area (Å²) in [5, 5.41) is 0. The van der Waals surface area contributed by atoms with Crippen LogP contribution in [0.15, 0.2) is 65.5 Å². The minimum absolute atomic E-state index is 0.00867. The number of carbonyl (C=O) groups is 1. The molecular formula is C21H23N3O2. The van der Waals surface area contributed by atoms with E-state index in [1.165, 1.54) is 0 Å². The van der Waals surface area contributed by atoms with Gasteiger partial charge in [-0.25, -0.2) is 4.98 Å². The zero-order chi connectivity index (χ0) is 18.4. The number of pyridine rings is 1. The minimum Gasteiger partial charge on any atom is -0.441 e. The van der Waals surface area contributed by atoms with Crippen molar-refractivity contribution in [2.24, 2.45) is 0 Å². The highest BCUT2D eigenvalue weighted by Gasteiger charge is 2.20. The van der Waals surface area contributed by atoms with Gasteiger partial charge < -0.3 is 9.32 Å². The number of oxazole rings is 1. The molecule has 3 aromatic rings. The van der Waals surface area contributed by atoms with E-state index in [0.717, 1.165) is 16.9 Å². The Labute approximate surface area is 153 Å². The Bertz CT molecular complexity index is 831. The van der Waals surface area contributed by atoms with Gasteiger partial charge in [-0.3, -0.25) is 9.78 Å². The van der Waals surface area contributed by atoms with Crippen LogP contribution in [0.1, 0.15) is 37.8 Å². The molecule has 0 aliphatic rings. The molecule has 0 unspecified atom stereocenters. The number of hydrogen-bond acceptors (Lipinski definition) is 4. The van der Waals surface area contributed by atoms with Crippen LogP contribution in [-0.4, -0.2) is 27.3 Å². The summed E-state index contributed by atoms with van der Waals surface area (Å²) < 4.78 is 5.79. The summed E-state index contributed by atoms with van der Waals surface area (Å²) in [4.78, 5) is 23.0. The number of hydrogen-bond donors (Lipinski definition) is 0. The summed E-state index contributed by atoms with van der Waals surface area (Å²) in [7, 11) is 0. The zero-order valence-corrected chi connectivity index (χ0v) is 15.1. The first-order valence-electron chi connectivity index (χ1n) is 8.88. The summed E-state index contributed by atoms with van der Waals surface area (Å²) in [6, 6.07) is 13.7. The SMILES string of the molecule is CCN(C(=O)CCc1ncc(-c2ccccc2)o1)[C@H](C)c1cccnc1. The van der Waals surface area contributed by atoms with E-state index in [1.54, 1.807) is 18.6 Å². The number of rotatable bonds is 7. The second-order valence-electron chi connectivity index (χ2n) is 6.13. The van der Waals surface area contributed by atoms with Gasteiger partial charge in [0.25, 0.3) is 0 Å². The second-order valence-corrected chi connectivity index (χ2v) is 6.13. The highest BCUT2D eigenvalue weighted by molar-refractivity contribution is 5.76. The van der Waals surface area contributed by atoms with Crippen molar-refractivity contribution in [3.05, 3.63) is 72.5 Å². The Balaban J connectivity index is 1.62. The highest BCUT2D eigenvalue weighted by Crippen LogP contribution is 2.22. The number of aryl methyl sites for hydroxylation is 1. The van der Waals surface area contributed by atoms with Crippen LogP contribution in [-0.2, 0) is 11.2 Å². The quantitative estimate of drug-likeness (QED) is 0.639. The van der Waals surface area contributed by atoms with Crippen molar-refractivity contribution in [2.45, 2.75) is 32.7 Å². The molecule has 5 heteroatoms. The third kappa shape index (κ3) is 4.17. The molecule has 3 rings (SSSR count). The number of aromatic nitrogens is 2. The van der Waals surface area contributed by atoms with Crippen molar-refractivity contribution >= 4 is 5.91 Å². The third-order valence-electron chi connectivity index (χ3n) is 4.46. The number of benzene rings is 1. The van der Waals surface area contributed by atoms with Gasteiger partial charge in [0.15, 0.2) is 11.7 Å². The molecule has 5 nitrogen and oxygen atoms in total. The van der Waals surface area contributed by atoms with Crippen LogP contribution in [0.5, 0.6) is 0 Å². The van der Waals surface area contributed by atoms with Crippen molar-refractivity contribution in [3.63, 3.8) is 0 Å². The predicted molar refractivity (Wildman–Crippen MR) is 100 cm³/mol. The van der Waals surface area contributed by atoms with Gasteiger partial charge in [-0.2, -0.15) is 0 Å². The average Bonchev–Trinajstić information content (AvgIpc) is 3.17. The summed E-state index contributed by atoms with van der Waals surface area (Å²) in [6.45, 7) is 4.66. The largest absolute Gasteiger partial charge is 0.441 e. The van der Waals surface area contributed by atoms with Gasteiger partial charge >= 0.3 is 0 Å². The molecule has 0 aliphatic heterocycles. The van der Waals surface area contributed by atoms with E-state index < -0.39 is 0 Å². The van der Waals surface area contributed by atoms with Crippen molar-refractivity contribution in [1.82, 2.24) is 14.9 Å². The maximum Gasteiger partial charge on any atom is 0.223 e. The molecule has 2 heterocycles. The van der Waals surface area contributed by atoms with E-state index in [0.29, 0.717) is 25.3 Å². The number of amides is 1. The Morgan fingerprint density at radius 3 is 2.65 bits per heavy atom. The molecule has 0 saturated carbocycles. The summed E-state index contributed by atoms with van der Waals surface area (Å²) >= 11 is 0. The monoisotopic (exact) mass is 349 g/mol. The van der Waals surface area contributed by atoms with Gasteiger partial charge in [0.2, 0.25) is 5.91 Å². The summed E-state index contributed by atoms with van der Waals surface area (Å²) in [5.74, 6) is 1.40. The molecule has 0 fully saturated rings. The van der Waals surface area contributed by atoms with E-state index >= 15 is 0 Å². The first-order valence-corrected chi connectivity index (χ1v) is 8.88. The first kappa shape index (κ1) is 17.9. The smallest absolute Gasteiger partial charge is 0.223 e. The van der Waals surface area contributed by atoms with Gasteiger partial charge in [0.05, 0.1) is 12.2 Å². The van der Waals surface area contributed by atoms with E-state index in [2.05, 4.69) is 9.97 Å². The lowest BCUT2D eigenvalue weighted by Gasteiger charge is -2.28. The first-order chi connectivity index (χ1) is 12.7. The van der Waals surface area contributed by atoms with E-state index in [9.17, 15) is 4.79 Å². The fraction of sp³-hybridized carbons (Fsp3) is 0.286. The number of carbonyl (C=O) groups excluding carboxylic acids is 1. The molecule has 0 radical (unpaired) electrons. The summed E-state index contributed by atoms with van der Waals surface area (Å²) in [6.07, 6.45) is 6.11. The molecule has 134 valence electrons. The average molecular weight is 349 g/mol. The highest BCUT2D eigenvalue weighted by atomic mass is 16.4. The Kier molecular flexibility index (Phi) is 5.79. The molecule has 1 amide bonds. The second kappa shape index (κ2) is 8.43. The molecule has 0 aliphatic carbocycles. The fourth-order valence-electron chi connectivity index (χ4n) is 2.99. The van der Waals surface area contributed by atoms with Crippen molar-refractivity contribution in [1.29, 1.82) is 0 Å². The third-order valence-corrected chi connectivity index (χ3v) is 4.46. The van der Waals surface area contributed by atoms with Crippen LogP contribution < -0.4 is 0 Å². The van der Waals surface area contributed by atoms with Gasteiger partial charge in [0, 0.05) is 37.3 Å². The van der Waals surface area contributed by atoms with Crippen LogP contribution in [0.3, 0.4) is 0 Å². The zero-order valence-electron chi connectivity index (χ0n) is 15.1. The molecule has 0 saturated heterocycles. The molecule has 2 aromatic heterocycles. The van der Waals surface area contributed by atoms with Gasteiger partial charge in [0.1, 0.15) is 0 Å². The van der Waals surface area contributed by atoms with E-state index in [4.69, 9.17) is 4.42 Å². The van der Waals surface area contributed by atoms with Crippen molar-refractivity contribution in [3.8, 4) is 11.3 Å². The fourth-order valence-corrected chi connectivity index (χ4v) is 2.99. The lowest BCUT2D eigenvalue weighted by Crippen LogP contribution is -2.33.